The molecule has 1 atom stereocenters. The molecule has 0 aromatic heterocycles. The number of hydroxylamine groups is 1. The molecule has 0 saturated carbocycles. The van der Waals surface area contributed by atoms with Gasteiger partial charge in [-0.2, -0.15) is 0 Å². The Morgan fingerprint density at radius 2 is 1.81 bits per heavy atom. The van der Waals surface area contributed by atoms with E-state index in [1.54, 1.807) is 37.3 Å². The summed E-state index contributed by atoms with van der Waals surface area (Å²) < 4.78 is 0. The molecule has 5 rings (SSSR count). The minimum atomic E-state index is -1.05. The van der Waals surface area contributed by atoms with E-state index < -0.39 is 5.97 Å². The SMILES string of the molecule is Cc1cc2c(cc1C(=O)O)NC(=O)C2=C(Nc1ccc(C(=O)NOCCN2CCC(N(C)C)C2)cc1)c1ccccc1. The van der Waals surface area contributed by atoms with E-state index in [0.29, 0.717) is 52.0 Å². The first-order chi connectivity index (χ1) is 20.2. The first kappa shape index (κ1) is 29.0. The van der Waals surface area contributed by atoms with E-state index in [9.17, 15) is 19.5 Å². The highest BCUT2D eigenvalue weighted by Gasteiger charge is 2.30. The van der Waals surface area contributed by atoms with Crippen molar-refractivity contribution in [3.05, 3.63) is 94.5 Å². The van der Waals surface area contributed by atoms with Crippen LogP contribution in [0.5, 0.6) is 0 Å². The average molecular weight is 570 g/mol. The van der Waals surface area contributed by atoms with Gasteiger partial charge in [-0.15, -0.1) is 0 Å². The number of carboxylic acids is 1. The van der Waals surface area contributed by atoms with Crippen molar-refractivity contribution in [1.29, 1.82) is 0 Å². The predicted molar refractivity (Wildman–Crippen MR) is 162 cm³/mol. The van der Waals surface area contributed by atoms with Crippen molar-refractivity contribution in [2.75, 3.05) is 51.0 Å². The topological polar surface area (TPSA) is 123 Å². The van der Waals surface area contributed by atoms with Gasteiger partial charge in [0.05, 0.1) is 29.1 Å². The van der Waals surface area contributed by atoms with Crippen molar-refractivity contribution in [2.24, 2.45) is 0 Å². The largest absolute Gasteiger partial charge is 0.478 e. The lowest BCUT2D eigenvalue weighted by Gasteiger charge is -2.20. The number of carboxylic acid groups (broad SMARTS) is 1. The molecule has 42 heavy (non-hydrogen) atoms. The summed E-state index contributed by atoms with van der Waals surface area (Å²) in [6.45, 7) is 4.87. The Kier molecular flexibility index (Phi) is 8.67. The van der Waals surface area contributed by atoms with Crippen LogP contribution in [-0.2, 0) is 9.63 Å². The molecule has 0 spiro atoms. The highest BCUT2D eigenvalue weighted by Crippen LogP contribution is 2.39. The van der Waals surface area contributed by atoms with Crippen molar-refractivity contribution >= 4 is 40.4 Å². The van der Waals surface area contributed by atoms with Crippen LogP contribution in [0.15, 0.2) is 66.7 Å². The van der Waals surface area contributed by atoms with E-state index in [-0.39, 0.29) is 17.4 Å². The Balaban J connectivity index is 1.29. The van der Waals surface area contributed by atoms with E-state index in [4.69, 9.17) is 4.84 Å². The summed E-state index contributed by atoms with van der Waals surface area (Å²) in [5.74, 6) is -1.73. The van der Waals surface area contributed by atoms with Crippen molar-refractivity contribution in [2.45, 2.75) is 19.4 Å². The third-order valence-corrected chi connectivity index (χ3v) is 7.72. The Morgan fingerprint density at radius 3 is 2.48 bits per heavy atom. The fraction of sp³-hybridized carbons (Fsp3) is 0.281. The number of nitrogens with one attached hydrogen (secondary N) is 3. The molecule has 4 N–H and O–H groups in total. The van der Waals surface area contributed by atoms with Crippen molar-refractivity contribution < 1.29 is 24.3 Å². The summed E-state index contributed by atoms with van der Waals surface area (Å²) in [4.78, 5) is 47.5. The molecule has 10 nitrogen and oxygen atoms in total. The zero-order valence-electron chi connectivity index (χ0n) is 23.9. The lowest BCUT2D eigenvalue weighted by molar-refractivity contribution is -0.110. The zero-order valence-corrected chi connectivity index (χ0v) is 23.9. The quantitative estimate of drug-likeness (QED) is 0.165. The Labute approximate surface area is 244 Å². The molecule has 1 saturated heterocycles. The van der Waals surface area contributed by atoms with Gasteiger partial charge in [-0.3, -0.25) is 19.3 Å². The molecule has 0 aliphatic carbocycles. The number of anilines is 2. The number of fused-ring (bicyclic) bond motifs is 1. The predicted octanol–water partition coefficient (Wildman–Crippen LogP) is 3.92. The number of rotatable bonds is 10. The number of nitrogens with zero attached hydrogens (tertiary/aromatic N) is 2. The summed E-state index contributed by atoms with van der Waals surface area (Å²) in [5.41, 5.74) is 7.13. The minimum absolute atomic E-state index is 0.136. The van der Waals surface area contributed by atoms with Gasteiger partial charge in [0, 0.05) is 35.9 Å². The summed E-state index contributed by atoms with van der Waals surface area (Å²) in [6, 6.07) is 20.1. The van der Waals surface area contributed by atoms with Crippen LogP contribution in [0.4, 0.5) is 11.4 Å². The first-order valence-electron chi connectivity index (χ1n) is 13.9. The molecular weight excluding hydrogens is 534 g/mol. The fourth-order valence-electron chi connectivity index (χ4n) is 5.32. The van der Waals surface area contributed by atoms with E-state index in [0.717, 1.165) is 31.6 Å². The second-order valence-corrected chi connectivity index (χ2v) is 10.8. The van der Waals surface area contributed by atoms with Crippen LogP contribution in [0.25, 0.3) is 11.3 Å². The van der Waals surface area contributed by atoms with Gasteiger partial charge < -0.3 is 20.6 Å². The Hall–Kier alpha value is -4.51. The number of hydrogen-bond donors (Lipinski definition) is 4. The van der Waals surface area contributed by atoms with Gasteiger partial charge in [-0.1, -0.05) is 30.3 Å². The van der Waals surface area contributed by atoms with E-state index in [1.807, 2.05) is 30.3 Å². The molecule has 3 aromatic carbocycles. The average Bonchev–Trinajstić information content (AvgIpc) is 3.58. The molecule has 2 aliphatic heterocycles. The summed E-state index contributed by atoms with van der Waals surface area (Å²) in [7, 11) is 4.18. The summed E-state index contributed by atoms with van der Waals surface area (Å²) in [5, 5.41) is 15.7. The molecule has 3 aromatic rings. The van der Waals surface area contributed by atoms with Crippen LogP contribution in [0, 0.1) is 6.92 Å². The zero-order chi connectivity index (χ0) is 29.8. The lowest BCUT2D eigenvalue weighted by atomic mass is 9.96. The van der Waals surface area contributed by atoms with Crippen LogP contribution < -0.4 is 16.1 Å². The van der Waals surface area contributed by atoms with Crippen molar-refractivity contribution in [1.82, 2.24) is 15.3 Å². The van der Waals surface area contributed by atoms with Gasteiger partial charge in [0.25, 0.3) is 11.8 Å². The molecule has 0 bridgehead atoms. The van der Waals surface area contributed by atoms with Crippen molar-refractivity contribution in [3.8, 4) is 0 Å². The van der Waals surface area contributed by atoms with Gasteiger partial charge in [0.2, 0.25) is 0 Å². The second-order valence-electron chi connectivity index (χ2n) is 10.8. The van der Waals surface area contributed by atoms with Crippen molar-refractivity contribution in [3.63, 3.8) is 0 Å². The molecule has 2 aliphatic rings. The van der Waals surface area contributed by atoms with Crippen LogP contribution in [0.1, 0.15) is 43.8 Å². The lowest BCUT2D eigenvalue weighted by Crippen LogP contribution is -2.34. The van der Waals surface area contributed by atoms with E-state index >= 15 is 0 Å². The molecule has 1 fully saturated rings. The summed E-state index contributed by atoms with van der Waals surface area (Å²) >= 11 is 0. The highest BCUT2D eigenvalue weighted by atomic mass is 16.7. The highest BCUT2D eigenvalue weighted by molar-refractivity contribution is 6.37. The van der Waals surface area contributed by atoms with E-state index in [1.165, 1.54) is 6.07 Å². The molecule has 1 unspecified atom stereocenters. The minimum Gasteiger partial charge on any atom is -0.478 e. The second kappa shape index (κ2) is 12.6. The van der Waals surface area contributed by atoms with Crippen LogP contribution in [0.3, 0.4) is 0 Å². The number of amides is 2. The maximum atomic E-state index is 13.2. The van der Waals surface area contributed by atoms with E-state index in [2.05, 4.69) is 40.0 Å². The van der Waals surface area contributed by atoms with Gasteiger partial charge in [-0.05, 0) is 81.5 Å². The first-order valence-corrected chi connectivity index (χ1v) is 13.9. The smallest absolute Gasteiger partial charge is 0.336 e. The molecular formula is C32H35N5O5. The maximum absolute atomic E-state index is 13.2. The third kappa shape index (κ3) is 6.36. The van der Waals surface area contributed by atoms with Crippen LogP contribution in [0.2, 0.25) is 0 Å². The van der Waals surface area contributed by atoms with Gasteiger partial charge in [0.15, 0.2) is 0 Å². The molecule has 10 heteroatoms. The molecule has 0 radical (unpaired) electrons. The fourth-order valence-corrected chi connectivity index (χ4v) is 5.32. The summed E-state index contributed by atoms with van der Waals surface area (Å²) in [6.07, 6.45) is 1.13. The Bertz CT molecular complexity index is 1520. The monoisotopic (exact) mass is 569 g/mol. The maximum Gasteiger partial charge on any atom is 0.336 e. The van der Waals surface area contributed by atoms with Gasteiger partial charge in [-0.25, -0.2) is 10.3 Å². The number of benzene rings is 3. The Morgan fingerprint density at radius 1 is 1.07 bits per heavy atom. The third-order valence-electron chi connectivity index (χ3n) is 7.72. The number of likely N-dealkylation sites (N-methyl/N-ethyl adjacent to an activating group) is 1. The molecule has 2 heterocycles. The standard InChI is InChI=1S/C32H35N5O5/c1-20-17-26-27(18-25(20)32(40)41)34-31(39)28(26)29(21-7-5-4-6-8-21)33-23-11-9-22(10-12-23)30(38)35-42-16-15-37-14-13-24(19-37)36(2)3/h4-12,17-18,24,33H,13-16,19H2,1-3H3,(H,34,39)(H,35,38)(H,40,41). The molecule has 218 valence electrons. The molecule has 2 amide bonds. The number of aryl methyl sites for hydroxylation is 1. The van der Waals surface area contributed by atoms with Gasteiger partial charge >= 0.3 is 5.97 Å². The number of likely N-dealkylation sites (tertiary alicyclic amines) is 1. The normalized spacial score (nSPS) is 17.6. The number of carbonyl (C=O) groups is 3. The number of hydrogen-bond acceptors (Lipinski definition) is 7. The van der Waals surface area contributed by atoms with Crippen LogP contribution in [-0.4, -0.2) is 79.1 Å². The van der Waals surface area contributed by atoms with Gasteiger partial charge in [0.1, 0.15) is 0 Å². The van der Waals surface area contributed by atoms with Crippen LogP contribution >= 0.6 is 0 Å². The number of carbonyl (C=O) groups excluding carboxylic acids is 2. The number of aromatic carboxylic acids is 1.